The third-order valence-electron chi connectivity index (χ3n) is 6.10. The van der Waals surface area contributed by atoms with Crippen molar-refractivity contribution in [1.29, 1.82) is 5.26 Å². The van der Waals surface area contributed by atoms with E-state index < -0.39 is 52.4 Å². The quantitative estimate of drug-likeness (QED) is 0.402. The van der Waals surface area contributed by atoms with Gasteiger partial charge < -0.3 is 0 Å². The van der Waals surface area contributed by atoms with Gasteiger partial charge in [0.25, 0.3) is 0 Å². The zero-order chi connectivity index (χ0) is 27.7. The molecular formula is C25H19F5N4O3S. The molecular weight excluding hydrogens is 531 g/mol. The maximum absolute atomic E-state index is 14.3. The van der Waals surface area contributed by atoms with Crippen LogP contribution in [-0.2, 0) is 27.4 Å². The number of Topliss-reactive ketones (excluding diaryl/α,β-unsaturated/α-hetero) is 1. The molecule has 0 bridgehead atoms. The van der Waals surface area contributed by atoms with E-state index in [4.69, 9.17) is 0 Å². The van der Waals surface area contributed by atoms with E-state index >= 15 is 0 Å². The van der Waals surface area contributed by atoms with Gasteiger partial charge in [0.1, 0.15) is 12.0 Å². The Hall–Kier alpha value is -3.76. The molecule has 0 amide bonds. The summed E-state index contributed by atoms with van der Waals surface area (Å²) in [5.74, 6) is -2.52. The minimum Gasteiger partial charge on any atom is -0.298 e. The minimum atomic E-state index is -4.70. The van der Waals surface area contributed by atoms with E-state index in [0.717, 1.165) is 41.0 Å². The average molecular weight is 551 g/mol. The maximum Gasteiger partial charge on any atom is 0.451 e. The molecule has 7 nitrogen and oxygen atoms in total. The third kappa shape index (κ3) is 5.71. The van der Waals surface area contributed by atoms with Crippen LogP contribution in [0.25, 0.3) is 11.1 Å². The normalized spacial score (nSPS) is 18.3. The monoisotopic (exact) mass is 550 g/mol. The number of ketones is 1. The van der Waals surface area contributed by atoms with E-state index in [0.29, 0.717) is 11.1 Å². The van der Waals surface area contributed by atoms with Crippen molar-refractivity contribution in [3.8, 4) is 17.2 Å². The summed E-state index contributed by atoms with van der Waals surface area (Å²) in [5.41, 5.74) is 1.26. The van der Waals surface area contributed by atoms with Crippen LogP contribution in [0.15, 0.2) is 59.8 Å². The first-order valence-corrected chi connectivity index (χ1v) is 12.7. The number of rotatable bonds is 7. The summed E-state index contributed by atoms with van der Waals surface area (Å²) < 4.78 is 92.6. The standard InChI is InChI=1S/C25H19F5N4O3S/c26-19-4-6-21(7-5-19)38(36,37)34-14-20(27)10-22(34)23(35)8-3-15-9-16(1-2-17(15)11-31)18-12-32-24(33-13-18)25(28,29)30/h1-2,4-7,9,12-13,20,22H,3,8,10,14H2/t20-,22+/m1/s1. The fourth-order valence-corrected chi connectivity index (χ4v) is 5.84. The van der Waals surface area contributed by atoms with Gasteiger partial charge in [0, 0.05) is 37.3 Å². The van der Waals surface area contributed by atoms with E-state index in [-0.39, 0.29) is 35.3 Å². The molecule has 2 heterocycles. The molecule has 198 valence electrons. The van der Waals surface area contributed by atoms with Gasteiger partial charge in [-0.3, -0.25) is 4.79 Å². The Balaban J connectivity index is 1.53. The molecule has 4 rings (SSSR count). The number of halogens is 5. The molecule has 38 heavy (non-hydrogen) atoms. The van der Waals surface area contributed by atoms with Crippen molar-refractivity contribution in [1.82, 2.24) is 14.3 Å². The van der Waals surface area contributed by atoms with Crippen LogP contribution in [-0.4, -0.2) is 47.2 Å². The zero-order valence-electron chi connectivity index (χ0n) is 19.5. The topological polar surface area (TPSA) is 104 Å². The maximum atomic E-state index is 14.3. The second-order valence-electron chi connectivity index (χ2n) is 8.62. The van der Waals surface area contributed by atoms with Gasteiger partial charge in [0.2, 0.25) is 15.8 Å². The second-order valence-corrected chi connectivity index (χ2v) is 10.5. The molecule has 0 unspecified atom stereocenters. The van der Waals surface area contributed by atoms with Crippen molar-refractivity contribution in [3.05, 3.63) is 77.6 Å². The number of sulfonamides is 1. The van der Waals surface area contributed by atoms with Crippen LogP contribution in [0.5, 0.6) is 0 Å². The summed E-state index contributed by atoms with van der Waals surface area (Å²) in [6, 6.07) is 9.11. The number of nitrogens with zero attached hydrogens (tertiary/aromatic N) is 4. The SMILES string of the molecule is N#Cc1ccc(-c2cnc(C(F)(F)F)nc2)cc1CCC(=O)[C@@H]1C[C@@H](F)CN1S(=O)(=O)c1ccc(F)cc1. The molecule has 1 fully saturated rings. The highest BCUT2D eigenvalue weighted by molar-refractivity contribution is 7.89. The molecule has 0 N–H and O–H groups in total. The highest BCUT2D eigenvalue weighted by atomic mass is 32.2. The lowest BCUT2D eigenvalue weighted by molar-refractivity contribution is -0.145. The third-order valence-corrected chi connectivity index (χ3v) is 7.99. The Labute approximate surface area is 214 Å². The molecule has 1 saturated heterocycles. The molecule has 1 aromatic heterocycles. The van der Waals surface area contributed by atoms with E-state index in [1.807, 2.05) is 6.07 Å². The lowest BCUT2D eigenvalue weighted by Crippen LogP contribution is -2.40. The Bertz CT molecular complexity index is 1490. The number of hydrogen-bond donors (Lipinski definition) is 0. The first-order valence-electron chi connectivity index (χ1n) is 11.3. The predicted molar refractivity (Wildman–Crippen MR) is 124 cm³/mol. The fraction of sp³-hybridized carbons (Fsp3) is 0.280. The van der Waals surface area contributed by atoms with Gasteiger partial charge in [-0.2, -0.15) is 22.7 Å². The van der Waals surface area contributed by atoms with Crippen LogP contribution in [0.3, 0.4) is 0 Å². The van der Waals surface area contributed by atoms with Crippen LogP contribution in [0.4, 0.5) is 22.0 Å². The Morgan fingerprint density at radius 3 is 2.34 bits per heavy atom. The fourth-order valence-electron chi connectivity index (χ4n) is 4.19. The number of nitriles is 1. The van der Waals surface area contributed by atoms with Crippen molar-refractivity contribution in [3.63, 3.8) is 0 Å². The molecule has 2 aromatic carbocycles. The largest absolute Gasteiger partial charge is 0.451 e. The highest BCUT2D eigenvalue weighted by Crippen LogP contribution is 2.31. The molecule has 2 atom stereocenters. The summed E-state index contributed by atoms with van der Waals surface area (Å²) >= 11 is 0. The minimum absolute atomic E-state index is 0.00501. The van der Waals surface area contributed by atoms with Crippen LogP contribution in [0, 0.1) is 17.1 Å². The summed E-state index contributed by atoms with van der Waals surface area (Å²) in [6.07, 6.45) is -4.87. The number of carbonyl (C=O) groups excluding carboxylic acids is 1. The smallest absolute Gasteiger partial charge is 0.298 e. The summed E-state index contributed by atoms with van der Waals surface area (Å²) in [5, 5.41) is 9.46. The summed E-state index contributed by atoms with van der Waals surface area (Å²) in [7, 11) is -4.28. The highest BCUT2D eigenvalue weighted by Gasteiger charge is 2.43. The van der Waals surface area contributed by atoms with E-state index in [2.05, 4.69) is 9.97 Å². The van der Waals surface area contributed by atoms with E-state index in [9.17, 15) is 40.4 Å². The van der Waals surface area contributed by atoms with Crippen LogP contribution in [0.2, 0.25) is 0 Å². The van der Waals surface area contributed by atoms with Crippen LogP contribution >= 0.6 is 0 Å². The van der Waals surface area contributed by atoms with E-state index in [1.54, 1.807) is 0 Å². The molecule has 0 spiro atoms. The van der Waals surface area contributed by atoms with Crippen molar-refractivity contribution >= 4 is 15.8 Å². The van der Waals surface area contributed by atoms with E-state index in [1.165, 1.54) is 18.2 Å². The lowest BCUT2D eigenvalue weighted by atomic mass is 9.96. The summed E-state index contributed by atoms with van der Waals surface area (Å²) in [4.78, 5) is 19.4. The average Bonchev–Trinajstić information content (AvgIpc) is 3.29. The first kappa shape index (κ1) is 27.3. The molecule has 0 saturated carbocycles. The van der Waals surface area contributed by atoms with Crippen molar-refractivity contribution < 1.29 is 35.2 Å². The van der Waals surface area contributed by atoms with Gasteiger partial charge >= 0.3 is 6.18 Å². The van der Waals surface area contributed by atoms with Crippen LogP contribution in [0.1, 0.15) is 29.8 Å². The number of benzene rings is 2. The zero-order valence-corrected chi connectivity index (χ0v) is 20.3. The second kappa shape index (κ2) is 10.5. The molecule has 3 aromatic rings. The van der Waals surface area contributed by atoms with Crippen LogP contribution < -0.4 is 0 Å². The Morgan fingerprint density at radius 2 is 1.74 bits per heavy atom. The van der Waals surface area contributed by atoms with Gasteiger partial charge in [-0.25, -0.2) is 27.2 Å². The molecule has 0 radical (unpaired) electrons. The molecule has 1 aliphatic rings. The molecule has 1 aliphatic heterocycles. The van der Waals surface area contributed by atoms with Crippen molar-refractivity contribution in [2.75, 3.05) is 6.54 Å². The van der Waals surface area contributed by atoms with Crippen molar-refractivity contribution in [2.24, 2.45) is 0 Å². The van der Waals surface area contributed by atoms with Gasteiger partial charge in [-0.15, -0.1) is 0 Å². The van der Waals surface area contributed by atoms with Gasteiger partial charge in [-0.05, 0) is 53.9 Å². The Morgan fingerprint density at radius 1 is 1.08 bits per heavy atom. The molecule has 0 aliphatic carbocycles. The summed E-state index contributed by atoms with van der Waals surface area (Å²) in [6.45, 7) is -0.525. The number of aryl methyl sites for hydroxylation is 1. The Kier molecular flexibility index (Phi) is 7.57. The van der Waals surface area contributed by atoms with Gasteiger partial charge in [0.05, 0.1) is 22.6 Å². The number of carbonyl (C=O) groups is 1. The molecule has 13 heteroatoms. The number of alkyl halides is 4. The van der Waals surface area contributed by atoms with Gasteiger partial charge in [0.15, 0.2) is 5.78 Å². The number of hydrogen-bond acceptors (Lipinski definition) is 6. The van der Waals surface area contributed by atoms with Gasteiger partial charge in [-0.1, -0.05) is 6.07 Å². The lowest BCUT2D eigenvalue weighted by Gasteiger charge is -2.23. The van der Waals surface area contributed by atoms with Crippen molar-refractivity contribution in [2.45, 2.75) is 42.5 Å². The first-order chi connectivity index (χ1) is 17.9. The predicted octanol–water partition coefficient (Wildman–Crippen LogP) is 4.48. The number of aromatic nitrogens is 2.